The van der Waals surface area contributed by atoms with Crippen molar-refractivity contribution >= 4 is 27.8 Å². The quantitative estimate of drug-likeness (QED) is 0.780. The fraction of sp³-hybridized carbons (Fsp3) is 0.500. The highest BCUT2D eigenvalue weighted by Gasteiger charge is 2.19. The zero-order valence-corrected chi connectivity index (χ0v) is 12.4. The van der Waals surface area contributed by atoms with E-state index in [1.165, 1.54) is 12.0 Å². The Morgan fingerprint density at radius 1 is 1.50 bits per heavy atom. The third-order valence-corrected chi connectivity index (χ3v) is 2.92. The topological polar surface area (TPSA) is 51.5 Å². The summed E-state index contributed by atoms with van der Waals surface area (Å²) in [5.74, 6) is -0.627. The number of hydrogen-bond acceptors (Lipinski definition) is 3. The van der Waals surface area contributed by atoms with Gasteiger partial charge in [-0.3, -0.25) is 9.59 Å². The van der Waals surface area contributed by atoms with Crippen LogP contribution in [-0.2, 0) is 16.1 Å². The fourth-order valence-electron chi connectivity index (χ4n) is 1.61. The summed E-state index contributed by atoms with van der Waals surface area (Å²) in [4.78, 5) is 24.7. The number of aryl methyl sites for hydroxylation is 1. The number of ether oxygens (including phenoxy) is 1. The lowest BCUT2D eigenvalue weighted by Crippen LogP contribution is -2.33. The van der Waals surface area contributed by atoms with E-state index in [4.69, 9.17) is 0 Å². The Morgan fingerprint density at radius 3 is 2.72 bits per heavy atom. The predicted octanol–water partition coefficient (Wildman–Crippen LogP) is 1.91. The summed E-state index contributed by atoms with van der Waals surface area (Å²) >= 11 is 3.35. The van der Waals surface area contributed by atoms with Gasteiger partial charge in [0.2, 0.25) is 0 Å². The molecule has 5 nitrogen and oxygen atoms in total. The predicted molar refractivity (Wildman–Crippen MR) is 71.4 cm³/mol. The molecule has 0 N–H and O–H groups in total. The fourth-order valence-corrected chi connectivity index (χ4v) is 2.07. The first-order valence-electron chi connectivity index (χ1n) is 5.67. The molecule has 0 aliphatic carbocycles. The van der Waals surface area contributed by atoms with Crippen molar-refractivity contribution in [3.63, 3.8) is 0 Å². The average Bonchev–Trinajstić information content (AvgIpc) is 2.69. The van der Waals surface area contributed by atoms with Crippen LogP contribution >= 0.6 is 15.9 Å². The second-order valence-electron chi connectivity index (χ2n) is 3.97. The van der Waals surface area contributed by atoms with Crippen LogP contribution in [0.4, 0.5) is 0 Å². The van der Waals surface area contributed by atoms with E-state index in [2.05, 4.69) is 20.7 Å². The molecule has 0 spiro atoms. The first-order valence-corrected chi connectivity index (χ1v) is 6.46. The van der Waals surface area contributed by atoms with E-state index >= 15 is 0 Å². The number of carbonyl (C=O) groups excluding carboxylic acids is 2. The first-order chi connectivity index (χ1) is 8.49. The van der Waals surface area contributed by atoms with Crippen molar-refractivity contribution in [2.75, 3.05) is 20.7 Å². The van der Waals surface area contributed by atoms with Crippen LogP contribution in [0.3, 0.4) is 0 Å². The minimum absolute atomic E-state index is 0.0513. The molecule has 0 fully saturated rings. The Hall–Kier alpha value is -1.30. The molecule has 1 rings (SSSR count). The molecular weight excluding hydrogens is 300 g/mol. The van der Waals surface area contributed by atoms with E-state index in [0.29, 0.717) is 5.69 Å². The SMILES string of the molecule is CCCn1cc(Br)cc1C(=O)N(C)CC(=O)OC. The molecule has 0 aliphatic rings. The zero-order valence-electron chi connectivity index (χ0n) is 10.8. The number of amides is 1. The van der Waals surface area contributed by atoms with Gasteiger partial charge in [-0.05, 0) is 28.4 Å². The van der Waals surface area contributed by atoms with Gasteiger partial charge in [-0.2, -0.15) is 0 Å². The van der Waals surface area contributed by atoms with Crippen LogP contribution in [-0.4, -0.2) is 42.0 Å². The van der Waals surface area contributed by atoms with E-state index in [-0.39, 0.29) is 12.5 Å². The summed E-state index contributed by atoms with van der Waals surface area (Å²) in [7, 11) is 2.88. The molecule has 0 radical (unpaired) electrons. The van der Waals surface area contributed by atoms with Gasteiger partial charge < -0.3 is 14.2 Å². The van der Waals surface area contributed by atoms with Gasteiger partial charge in [0.1, 0.15) is 12.2 Å². The van der Waals surface area contributed by atoms with Gasteiger partial charge in [0, 0.05) is 24.3 Å². The molecule has 1 heterocycles. The van der Waals surface area contributed by atoms with Crippen molar-refractivity contribution in [3.8, 4) is 0 Å². The monoisotopic (exact) mass is 316 g/mol. The van der Waals surface area contributed by atoms with Gasteiger partial charge in [0.15, 0.2) is 0 Å². The number of esters is 1. The lowest BCUT2D eigenvalue weighted by molar-refractivity contribution is -0.141. The molecule has 0 saturated carbocycles. The normalized spacial score (nSPS) is 10.2. The highest BCUT2D eigenvalue weighted by atomic mass is 79.9. The smallest absolute Gasteiger partial charge is 0.325 e. The Morgan fingerprint density at radius 2 is 2.17 bits per heavy atom. The third-order valence-electron chi connectivity index (χ3n) is 2.49. The molecule has 1 aromatic heterocycles. The second kappa shape index (κ2) is 6.58. The maximum absolute atomic E-state index is 12.2. The van der Waals surface area contributed by atoms with Crippen LogP contribution in [0.1, 0.15) is 23.8 Å². The summed E-state index contributed by atoms with van der Waals surface area (Å²) in [6.45, 7) is 2.75. The van der Waals surface area contributed by atoms with Crippen LogP contribution in [0, 0.1) is 0 Å². The summed E-state index contributed by atoms with van der Waals surface area (Å²) in [5, 5.41) is 0. The van der Waals surface area contributed by atoms with Gasteiger partial charge in [-0.1, -0.05) is 6.92 Å². The minimum atomic E-state index is -0.432. The molecule has 18 heavy (non-hydrogen) atoms. The van der Waals surface area contributed by atoms with Gasteiger partial charge in [0.25, 0.3) is 5.91 Å². The van der Waals surface area contributed by atoms with Crippen LogP contribution in [0.15, 0.2) is 16.7 Å². The van der Waals surface area contributed by atoms with Crippen molar-refractivity contribution < 1.29 is 14.3 Å². The van der Waals surface area contributed by atoms with E-state index in [0.717, 1.165) is 17.4 Å². The van der Waals surface area contributed by atoms with Crippen LogP contribution in [0.25, 0.3) is 0 Å². The number of hydrogen-bond donors (Lipinski definition) is 0. The van der Waals surface area contributed by atoms with Gasteiger partial charge in [0.05, 0.1) is 7.11 Å². The minimum Gasteiger partial charge on any atom is -0.468 e. The summed E-state index contributed by atoms with van der Waals surface area (Å²) < 4.78 is 7.27. The Labute approximate surface area is 115 Å². The number of nitrogens with zero attached hydrogens (tertiary/aromatic N) is 2. The van der Waals surface area contributed by atoms with E-state index in [1.807, 2.05) is 17.7 Å². The largest absolute Gasteiger partial charge is 0.468 e. The maximum Gasteiger partial charge on any atom is 0.325 e. The van der Waals surface area contributed by atoms with Crippen molar-refractivity contribution in [1.29, 1.82) is 0 Å². The van der Waals surface area contributed by atoms with E-state index < -0.39 is 5.97 Å². The van der Waals surface area contributed by atoms with Gasteiger partial charge in [-0.15, -0.1) is 0 Å². The number of aromatic nitrogens is 1. The van der Waals surface area contributed by atoms with Gasteiger partial charge in [-0.25, -0.2) is 0 Å². The molecule has 1 aromatic rings. The van der Waals surface area contributed by atoms with Crippen molar-refractivity contribution in [1.82, 2.24) is 9.47 Å². The molecule has 0 unspecified atom stereocenters. The van der Waals surface area contributed by atoms with Crippen LogP contribution < -0.4 is 0 Å². The highest BCUT2D eigenvalue weighted by molar-refractivity contribution is 9.10. The lowest BCUT2D eigenvalue weighted by Gasteiger charge is -2.16. The maximum atomic E-state index is 12.2. The molecule has 0 aliphatic heterocycles. The van der Waals surface area contributed by atoms with Gasteiger partial charge >= 0.3 is 5.97 Å². The van der Waals surface area contributed by atoms with Crippen LogP contribution in [0.2, 0.25) is 0 Å². The average molecular weight is 317 g/mol. The zero-order chi connectivity index (χ0) is 13.7. The molecule has 0 bridgehead atoms. The molecule has 100 valence electrons. The summed E-state index contributed by atoms with van der Waals surface area (Å²) in [6.07, 6.45) is 2.80. The number of halogens is 1. The number of likely N-dealkylation sites (N-methyl/N-ethyl adjacent to an activating group) is 1. The Balaban J connectivity index is 2.85. The molecule has 0 atom stereocenters. The van der Waals surface area contributed by atoms with E-state index in [9.17, 15) is 9.59 Å². The molecule has 1 amide bonds. The highest BCUT2D eigenvalue weighted by Crippen LogP contribution is 2.17. The molecule has 6 heteroatoms. The molecular formula is C12H17BrN2O3. The number of carbonyl (C=O) groups is 2. The Kier molecular flexibility index (Phi) is 5.40. The third kappa shape index (κ3) is 3.60. The van der Waals surface area contributed by atoms with Crippen molar-refractivity contribution in [3.05, 3.63) is 22.4 Å². The van der Waals surface area contributed by atoms with Crippen molar-refractivity contribution in [2.24, 2.45) is 0 Å². The summed E-state index contributed by atoms with van der Waals surface area (Å²) in [6, 6.07) is 1.76. The van der Waals surface area contributed by atoms with Crippen LogP contribution in [0.5, 0.6) is 0 Å². The second-order valence-corrected chi connectivity index (χ2v) is 4.89. The van der Waals surface area contributed by atoms with E-state index in [1.54, 1.807) is 13.1 Å². The number of methoxy groups -OCH3 is 1. The molecule has 0 saturated heterocycles. The standard InChI is InChI=1S/C12H17BrN2O3/c1-4-5-15-7-9(13)6-10(15)12(17)14(2)8-11(16)18-3/h6-7H,4-5,8H2,1-3H3. The first kappa shape index (κ1) is 14.8. The number of rotatable bonds is 5. The lowest BCUT2D eigenvalue weighted by atomic mass is 10.3. The molecule has 0 aromatic carbocycles. The van der Waals surface area contributed by atoms with Crippen molar-refractivity contribution in [2.45, 2.75) is 19.9 Å². The Bertz CT molecular complexity index is 443. The summed E-state index contributed by atoms with van der Waals surface area (Å²) in [5.41, 5.74) is 0.565.